The summed E-state index contributed by atoms with van der Waals surface area (Å²) in [4.78, 5) is 25.0. The second kappa shape index (κ2) is 5.56. The van der Waals surface area contributed by atoms with E-state index < -0.39 is 0 Å². The first-order valence-corrected chi connectivity index (χ1v) is 8.34. The molecule has 0 atom stereocenters. The fourth-order valence-electron chi connectivity index (χ4n) is 2.15. The van der Waals surface area contributed by atoms with Gasteiger partial charge in [-0.05, 0) is 24.3 Å². The average Bonchev–Trinajstić information content (AvgIpc) is 3.18. The van der Waals surface area contributed by atoms with Gasteiger partial charge in [-0.3, -0.25) is 15.1 Å². The molecule has 0 saturated carbocycles. The molecule has 0 aliphatic rings. The van der Waals surface area contributed by atoms with Gasteiger partial charge in [0.1, 0.15) is 5.69 Å². The number of hydrogen-bond donors (Lipinski definition) is 1. The van der Waals surface area contributed by atoms with Gasteiger partial charge in [-0.25, -0.2) is 9.97 Å². The molecule has 0 bridgehead atoms. The van der Waals surface area contributed by atoms with E-state index in [4.69, 9.17) is 4.74 Å². The van der Waals surface area contributed by atoms with Crippen molar-refractivity contribution in [2.75, 3.05) is 12.4 Å². The van der Waals surface area contributed by atoms with Crippen molar-refractivity contribution in [1.29, 1.82) is 0 Å². The summed E-state index contributed by atoms with van der Waals surface area (Å²) in [5.74, 6) is -0.275. The molecule has 3 aromatic heterocycles. The van der Waals surface area contributed by atoms with Crippen molar-refractivity contribution < 1.29 is 9.53 Å². The Hall–Kier alpha value is -2.58. The number of rotatable bonds is 3. The largest absolute Gasteiger partial charge is 0.473 e. The average molecular weight is 342 g/mol. The van der Waals surface area contributed by atoms with Crippen LogP contribution in [0.25, 0.3) is 20.4 Å². The van der Waals surface area contributed by atoms with E-state index in [1.54, 1.807) is 31.5 Å². The van der Waals surface area contributed by atoms with E-state index in [-0.39, 0.29) is 5.91 Å². The summed E-state index contributed by atoms with van der Waals surface area (Å²) in [6.45, 7) is 0. The second-order valence-corrected chi connectivity index (χ2v) is 6.59. The molecule has 0 aliphatic heterocycles. The lowest BCUT2D eigenvalue weighted by molar-refractivity contribution is 0.102. The first-order valence-electron chi connectivity index (χ1n) is 6.71. The van der Waals surface area contributed by atoms with Crippen LogP contribution in [0, 0.1) is 0 Å². The Kier molecular flexibility index (Phi) is 3.40. The molecule has 4 aromatic rings. The van der Waals surface area contributed by atoms with Gasteiger partial charge in [0.05, 0.1) is 27.5 Å². The second-order valence-electron chi connectivity index (χ2n) is 4.63. The van der Waals surface area contributed by atoms with E-state index in [2.05, 4.69) is 20.3 Å². The predicted octanol–water partition coefficient (Wildman–Crippen LogP) is 3.56. The molecule has 0 unspecified atom stereocenters. The van der Waals surface area contributed by atoms with Gasteiger partial charge in [-0.15, -0.1) is 0 Å². The van der Waals surface area contributed by atoms with E-state index in [9.17, 15) is 4.79 Å². The van der Waals surface area contributed by atoms with E-state index >= 15 is 0 Å². The minimum atomic E-state index is -0.275. The van der Waals surface area contributed by atoms with Gasteiger partial charge in [-0.2, -0.15) is 0 Å². The van der Waals surface area contributed by atoms with Crippen molar-refractivity contribution in [2.24, 2.45) is 0 Å². The molecule has 4 rings (SSSR count). The summed E-state index contributed by atoms with van der Waals surface area (Å²) in [7, 11) is 1.60. The maximum absolute atomic E-state index is 12.2. The zero-order valence-corrected chi connectivity index (χ0v) is 13.6. The van der Waals surface area contributed by atoms with E-state index in [1.165, 1.54) is 22.7 Å². The van der Waals surface area contributed by atoms with Crippen LogP contribution in [-0.4, -0.2) is 28.0 Å². The normalized spacial score (nSPS) is 11.0. The summed E-state index contributed by atoms with van der Waals surface area (Å²) in [6, 6.07) is 9.00. The number of amides is 1. The van der Waals surface area contributed by atoms with Crippen LogP contribution in [0.1, 0.15) is 10.5 Å². The van der Waals surface area contributed by atoms with Crippen molar-refractivity contribution >= 4 is 54.1 Å². The Morgan fingerprint density at radius 3 is 2.61 bits per heavy atom. The van der Waals surface area contributed by atoms with E-state index in [0.717, 1.165) is 20.4 Å². The molecule has 3 heterocycles. The number of thiazole rings is 2. The third-order valence-electron chi connectivity index (χ3n) is 3.19. The summed E-state index contributed by atoms with van der Waals surface area (Å²) < 4.78 is 7.19. The van der Waals surface area contributed by atoms with Crippen LogP contribution in [0.15, 0.2) is 36.5 Å². The predicted molar refractivity (Wildman–Crippen MR) is 91.5 cm³/mol. The summed E-state index contributed by atoms with van der Waals surface area (Å²) in [5.41, 5.74) is 2.05. The maximum atomic E-state index is 12.2. The number of ether oxygens (including phenoxy) is 1. The molecule has 1 N–H and O–H groups in total. The zero-order valence-electron chi connectivity index (χ0n) is 11.9. The Morgan fingerprint density at radius 2 is 1.87 bits per heavy atom. The monoisotopic (exact) mass is 342 g/mol. The minimum Gasteiger partial charge on any atom is -0.473 e. The fraction of sp³-hybridized carbons (Fsp3) is 0.0667. The lowest BCUT2D eigenvalue weighted by Gasteiger charge is -1.99. The molecular formula is C15H10N4O2S2. The third-order valence-corrected chi connectivity index (χ3v) is 5.37. The number of carbonyl (C=O) groups excluding carboxylic acids is 1. The smallest absolute Gasteiger partial charge is 0.276 e. The van der Waals surface area contributed by atoms with Gasteiger partial charge in [0.25, 0.3) is 11.1 Å². The lowest BCUT2D eigenvalue weighted by Crippen LogP contribution is -2.12. The molecule has 114 valence electrons. The maximum Gasteiger partial charge on any atom is 0.276 e. The molecular weight excluding hydrogens is 332 g/mol. The molecule has 0 spiro atoms. The molecule has 1 aromatic carbocycles. The number of hydrogen-bond acceptors (Lipinski definition) is 7. The molecule has 0 saturated heterocycles. The highest BCUT2D eigenvalue weighted by Crippen LogP contribution is 2.38. The SMILES string of the molecule is COc1nc2ccc3nc(NC(=O)c4ccccn4)sc3c2s1. The fourth-order valence-corrected chi connectivity index (χ4v) is 4.12. The number of benzene rings is 1. The quantitative estimate of drug-likeness (QED) is 0.616. The Morgan fingerprint density at radius 1 is 1.09 bits per heavy atom. The van der Waals surface area contributed by atoms with Crippen LogP contribution >= 0.6 is 22.7 Å². The van der Waals surface area contributed by atoms with Crippen molar-refractivity contribution in [1.82, 2.24) is 15.0 Å². The van der Waals surface area contributed by atoms with Gasteiger partial charge in [-0.1, -0.05) is 28.7 Å². The minimum absolute atomic E-state index is 0.275. The topological polar surface area (TPSA) is 77.0 Å². The number of fused-ring (bicyclic) bond motifs is 3. The standard InChI is InChI=1S/C15H10N4O2S2/c1-21-15-18-9-6-5-8-11(12(9)23-15)22-14(17-8)19-13(20)10-4-2-3-7-16-10/h2-7H,1H3,(H,17,19,20). The molecule has 1 amide bonds. The molecule has 0 fully saturated rings. The lowest BCUT2D eigenvalue weighted by atomic mass is 10.3. The van der Waals surface area contributed by atoms with Crippen LogP contribution in [-0.2, 0) is 0 Å². The highest BCUT2D eigenvalue weighted by molar-refractivity contribution is 7.29. The zero-order chi connectivity index (χ0) is 15.8. The van der Waals surface area contributed by atoms with Crippen LogP contribution in [0.4, 0.5) is 5.13 Å². The van der Waals surface area contributed by atoms with E-state index in [0.29, 0.717) is 16.0 Å². The van der Waals surface area contributed by atoms with Crippen LogP contribution < -0.4 is 10.1 Å². The number of carbonyl (C=O) groups is 1. The Balaban J connectivity index is 1.72. The summed E-state index contributed by atoms with van der Waals surface area (Å²) in [5, 5.41) is 3.94. The first-order chi connectivity index (χ1) is 11.2. The number of nitrogens with zero attached hydrogens (tertiary/aromatic N) is 3. The first kappa shape index (κ1) is 14.0. The van der Waals surface area contributed by atoms with Gasteiger partial charge in [0, 0.05) is 6.20 Å². The molecule has 8 heteroatoms. The molecule has 6 nitrogen and oxygen atoms in total. The van der Waals surface area contributed by atoms with Crippen molar-refractivity contribution in [3.05, 3.63) is 42.2 Å². The summed E-state index contributed by atoms with van der Waals surface area (Å²) >= 11 is 2.89. The number of methoxy groups -OCH3 is 1. The van der Waals surface area contributed by atoms with Crippen LogP contribution in [0.5, 0.6) is 5.19 Å². The van der Waals surface area contributed by atoms with Crippen molar-refractivity contribution in [3.63, 3.8) is 0 Å². The number of nitrogens with one attached hydrogen (secondary N) is 1. The number of aromatic nitrogens is 3. The van der Waals surface area contributed by atoms with Crippen molar-refractivity contribution in [2.45, 2.75) is 0 Å². The Labute approximate surface area is 138 Å². The number of anilines is 1. The number of pyridine rings is 1. The highest BCUT2D eigenvalue weighted by atomic mass is 32.1. The third kappa shape index (κ3) is 2.51. The van der Waals surface area contributed by atoms with E-state index in [1.807, 2.05) is 12.1 Å². The van der Waals surface area contributed by atoms with Crippen LogP contribution in [0.3, 0.4) is 0 Å². The molecule has 23 heavy (non-hydrogen) atoms. The van der Waals surface area contributed by atoms with Crippen molar-refractivity contribution in [3.8, 4) is 5.19 Å². The molecule has 0 aliphatic carbocycles. The van der Waals surface area contributed by atoms with Gasteiger partial charge in [0.15, 0.2) is 5.13 Å². The van der Waals surface area contributed by atoms with Gasteiger partial charge < -0.3 is 4.74 Å². The highest BCUT2D eigenvalue weighted by Gasteiger charge is 2.14. The van der Waals surface area contributed by atoms with Gasteiger partial charge >= 0.3 is 0 Å². The van der Waals surface area contributed by atoms with Crippen LogP contribution in [0.2, 0.25) is 0 Å². The summed E-state index contributed by atoms with van der Waals surface area (Å²) in [6.07, 6.45) is 1.58. The molecule has 0 radical (unpaired) electrons. The Bertz CT molecular complexity index is 1010. The van der Waals surface area contributed by atoms with Gasteiger partial charge in [0.2, 0.25) is 0 Å².